The van der Waals surface area contributed by atoms with Crippen molar-refractivity contribution >= 4 is 5.91 Å². The van der Waals surface area contributed by atoms with Crippen LogP contribution < -0.4 is 5.32 Å². The maximum Gasteiger partial charge on any atom is 0.248 e. The fourth-order valence-electron chi connectivity index (χ4n) is 6.68. The average Bonchev–Trinajstić information content (AvgIpc) is 3.46. The number of fused-ring (bicyclic) bond motifs is 2. The summed E-state index contributed by atoms with van der Waals surface area (Å²) in [4.78, 5) is 15.6. The van der Waals surface area contributed by atoms with Gasteiger partial charge in [-0.15, -0.1) is 10.2 Å². The second kappa shape index (κ2) is 10.8. The van der Waals surface area contributed by atoms with E-state index in [1.54, 1.807) is 18.4 Å². The van der Waals surface area contributed by atoms with Crippen molar-refractivity contribution < 1.29 is 19.1 Å². The molecule has 1 saturated carbocycles. The first-order chi connectivity index (χ1) is 19.2. The number of aryl methyl sites for hydroxylation is 1. The van der Waals surface area contributed by atoms with Gasteiger partial charge in [-0.3, -0.25) is 9.69 Å². The summed E-state index contributed by atoms with van der Waals surface area (Å²) < 4.78 is 61.7. The summed E-state index contributed by atoms with van der Waals surface area (Å²) >= 11 is 0. The Labute approximate surface area is 224 Å². The third-order valence-corrected chi connectivity index (χ3v) is 8.65. The van der Waals surface area contributed by atoms with Crippen LogP contribution in [0.3, 0.4) is 0 Å². The highest BCUT2D eigenvalue weighted by atomic mass is 19.3. The molecule has 3 aliphatic rings. The third kappa shape index (κ3) is 5.74. The van der Waals surface area contributed by atoms with Gasteiger partial charge in [0.15, 0.2) is 0 Å². The molecule has 3 atom stereocenters. The average molecular weight is 518 g/mol. The quantitative estimate of drug-likeness (QED) is 0.470. The van der Waals surface area contributed by atoms with Crippen LogP contribution in [0, 0.1) is 12.8 Å². The van der Waals surface area contributed by atoms with Gasteiger partial charge in [0.05, 0.1) is 6.04 Å². The normalized spacial score (nSPS) is 29.1. The largest absolute Gasteiger partial charge is 0.349 e. The van der Waals surface area contributed by atoms with E-state index in [0.717, 1.165) is 37.8 Å². The number of halogens is 2. The molecule has 2 aromatic rings. The highest BCUT2D eigenvalue weighted by Crippen LogP contribution is 2.42. The Balaban J connectivity index is 1.28. The highest BCUT2D eigenvalue weighted by Gasteiger charge is 2.42. The summed E-state index contributed by atoms with van der Waals surface area (Å²) in [7, 11) is 0. The molecule has 5 rings (SSSR count). The van der Waals surface area contributed by atoms with Crippen molar-refractivity contribution in [1.29, 1.82) is 0 Å². The van der Waals surface area contributed by atoms with Gasteiger partial charge in [-0.1, -0.05) is 44.2 Å². The van der Waals surface area contributed by atoms with E-state index in [9.17, 15) is 13.6 Å². The van der Waals surface area contributed by atoms with Crippen LogP contribution in [0.1, 0.15) is 112 Å². The van der Waals surface area contributed by atoms with Crippen molar-refractivity contribution in [1.82, 2.24) is 25.0 Å². The fraction of sp³-hybridized carbons (Fsp3) is 0.690. The molecule has 3 unspecified atom stereocenters. The van der Waals surface area contributed by atoms with Gasteiger partial charge in [0, 0.05) is 54.8 Å². The van der Waals surface area contributed by atoms with Gasteiger partial charge in [0.25, 0.3) is 0 Å². The predicted molar refractivity (Wildman–Crippen MR) is 139 cm³/mol. The van der Waals surface area contributed by atoms with Crippen molar-refractivity contribution in [3.63, 3.8) is 0 Å². The highest BCUT2D eigenvalue weighted by molar-refractivity contribution is 5.79. The van der Waals surface area contributed by atoms with Gasteiger partial charge >= 0.3 is 0 Å². The number of hydrogen-bond donors (Lipinski definition) is 1. The number of carbonyl (C=O) groups is 1. The molecule has 1 aromatic carbocycles. The Morgan fingerprint density at radius 2 is 1.78 bits per heavy atom. The minimum absolute atomic E-state index is 0.0435. The lowest BCUT2D eigenvalue weighted by Gasteiger charge is -2.40. The monoisotopic (exact) mass is 517 g/mol. The predicted octanol–water partition coefficient (Wildman–Crippen LogP) is 5.95. The first-order valence-corrected chi connectivity index (χ1v) is 13.7. The maximum atomic E-state index is 13.7. The molecule has 1 N–H and O–H groups in total. The minimum Gasteiger partial charge on any atom is -0.349 e. The molecule has 0 spiro atoms. The number of alkyl halides is 2. The number of aromatic nitrogens is 3. The Hall–Kier alpha value is -2.35. The molecular formula is C29H41F2N5O. The third-order valence-electron chi connectivity index (χ3n) is 8.65. The number of nitrogens with one attached hydrogen (secondary N) is 1. The number of hydrogen-bond acceptors (Lipinski definition) is 4. The molecule has 37 heavy (non-hydrogen) atoms. The number of benzene rings is 1. The van der Waals surface area contributed by atoms with Crippen LogP contribution in [0.15, 0.2) is 30.3 Å². The maximum absolute atomic E-state index is 13.7. The Kier molecular flexibility index (Phi) is 6.29. The fourth-order valence-corrected chi connectivity index (χ4v) is 6.68. The second-order valence-electron chi connectivity index (χ2n) is 11.4. The number of nitrogens with zero attached hydrogens (tertiary/aromatic N) is 4. The lowest BCUT2D eigenvalue weighted by Crippen LogP contribution is -2.45. The topological polar surface area (TPSA) is 63.1 Å². The molecule has 2 bridgehead atoms. The van der Waals surface area contributed by atoms with E-state index in [2.05, 4.69) is 20.4 Å². The first kappa shape index (κ1) is 21.6. The van der Waals surface area contributed by atoms with Crippen LogP contribution >= 0.6 is 0 Å². The van der Waals surface area contributed by atoms with Crippen LogP contribution in [-0.4, -0.2) is 50.1 Å². The smallest absolute Gasteiger partial charge is 0.248 e. The molecule has 2 saturated heterocycles. The Morgan fingerprint density at radius 3 is 2.41 bits per heavy atom. The van der Waals surface area contributed by atoms with E-state index >= 15 is 0 Å². The van der Waals surface area contributed by atoms with E-state index in [1.165, 1.54) is 0 Å². The first-order valence-electron chi connectivity index (χ1n) is 15.7. The molecule has 1 aliphatic carbocycles. The van der Waals surface area contributed by atoms with Crippen LogP contribution in [0.2, 0.25) is 0 Å². The molecule has 202 valence electrons. The van der Waals surface area contributed by atoms with Gasteiger partial charge in [-0.25, -0.2) is 8.78 Å². The van der Waals surface area contributed by atoms with Crippen molar-refractivity contribution in [3.8, 4) is 0 Å². The summed E-state index contributed by atoms with van der Waals surface area (Å²) in [5.74, 6) is -3.95. The lowest BCUT2D eigenvalue weighted by molar-refractivity contribution is -0.130. The SMILES string of the molecule is [2H]C([2H])([2H])c1nnc(C([2H])(C)C)n1C1CC2CCC(C1)N2CCC(NC(=O)C1CCC(F)(F)CC1)c1ccccc1. The van der Waals surface area contributed by atoms with E-state index < -0.39 is 18.7 Å². The zero-order valence-electron chi connectivity index (χ0n) is 25.8. The van der Waals surface area contributed by atoms with Crippen LogP contribution in [0.5, 0.6) is 0 Å². The number of piperidine rings is 1. The zero-order valence-corrected chi connectivity index (χ0v) is 21.8. The van der Waals surface area contributed by atoms with E-state index in [0.29, 0.717) is 12.2 Å². The van der Waals surface area contributed by atoms with Crippen molar-refractivity contribution in [2.24, 2.45) is 5.92 Å². The van der Waals surface area contributed by atoms with E-state index in [-0.39, 0.29) is 67.5 Å². The molecule has 2 aliphatic heterocycles. The molecule has 3 fully saturated rings. The lowest BCUT2D eigenvalue weighted by atomic mass is 9.86. The number of carbonyl (C=O) groups excluding carboxylic acids is 1. The van der Waals surface area contributed by atoms with Crippen molar-refractivity contribution in [2.75, 3.05) is 6.54 Å². The summed E-state index contributed by atoms with van der Waals surface area (Å²) in [6.45, 7) is 1.76. The Bertz CT molecular complexity index is 1160. The summed E-state index contributed by atoms with van der Waals surface area (Å²) in [5, 5.41) is 11.4. The van der Waals surface area contributed by atoms with Crippen molar-refractivity contribution in [2.45, 2.75) is 114 Å². The van der Waals surface area contributed by atoms with Gasteiger partial charge in [0.2, 0.25) is 11.8 Å². The van der Waals surface area contributed by atoms with Gasteiger partial charge < -0.3 is 9.88 Å². The standard InChI is InChI=1S/C29H41F2N5O/c1-19(2)27-34-33-20(3)36(27)25-17-23-9-10-24(18-25)35(23)16-13-26(21-7-5-4-6-8-21)32-28(37)22-11-14-29(30,31)15-12-22/h4-8,19,22-26H,9-18H2,1-3H3,(H,32,37)/i3D3,19D. The number of rotatable bonds is 8. The van der Waals surface area contributed by atoms with Crippen molar-refractivity contribution in [3.05, 3.63) is 47.5 Å². The van der Waals surface area contributed by atoms with Gasteiger partial charge in [-0.05, 0) is 57.4 Å². The number of amides is 1. The molecule has 3 heterocycles. The second-order valence-corrected chi connectivity index (χ2v) is 11.4. The summed E-state index contributed by atoms with van der Waals surface area (Å²) in [5.41, 5.74) is 0.998. The van der Waals surface area contributed by atoms with Gasteiger partial charge in [-0.2, -0.15) is 0 Å². The molecule has 6 nitrogen and oxygen atoms in total. The molecule has 8 heteroatoms. The minimum atomic E-state index is -2.67. The van der Waals surface area contributed by atoms with Crippen LogP contribution in [0.4, 0.5) is 8.78 Å². The zero-order chi connectivity index (χ0) is 29.6. The van der Waals surface area contributed by atoms with E-state index in [1.807, 2.05) is 30.3 Å². The summed E-state index contributed by atoms with van der Waals surface area (Å²) in [6, 6.07) is 9.99. The molecule has 0 radical (unpaired) electrons. The molecule has 1 aromatic heterocycles. The van der Waals surface area contributed by atoms with Crippen LogP contribution in [0.25, 0.3) is 0 Å². The Morgan fingerprint density at radius 1 is 1.11 bits per heavy atom. The summed E-state index contributed by atoms with van der Waals surface area (Å²) in [6.07, 6.45) is 4.12. The molecular weight excluding hydrogens is 472 g/mol. The van der Waals surface area contributed by atoms with E-state index in [4.69, 9.17) is 5.48 Å². The van der Waals surface area contributed by atoms with Crippen LogP contribution in [-0.2, 0) is 4.79 Å². The molecule has 1 amide bonds. The van der Waals surface area contributed by atoms with Gasteiger partial charge in [0.1, 0.15) is 11.6 Å².